The summed E-state index contributed by atoms with van der Waals surface area (Å²) < 4.78 is 30.2. The predicted octanol–water partition coefficient (Wildman–Crippen LogP) is 3.64. The van der Waals surface area contributed by atoms with Gasteiger partial charge in [-0.2, -0.15) is 8.78 Å². The molecule has 1 atom stereocenters. The quantitative estimate of drug-likeness (QED) is 0.841. The van der Waals surface area contributed by atoms with Crippen LogP contribution in [-0.2, 0) is 6.54 Å². The van der Waals surface area contributed by atoms with E-state index in [-0.39, 0.29) is 23.6 Å². The largest absolute Gasteiger partial charge is 0.433 e. The van der Waals surface area contributed by atoms with E-state index in [1.807, 2.05) is 12.1 Å². The Morgan fingerprint density at radius 3 is 2.76 bits per heavy atom. The van der Waals surface area contributed by atoms with Crippen molar-refractivity contribution in [3.63, 3.8) is 0 Å². The third kappa shape index (κ3) is 4.77. The first-order valence-electron chi connectivity index (χ1n) is 6.58. The van der Waals surface area contributed by atoms with Crippen LogP contribution in [0.2, 0.25) is 0 Å². The maximum absolute atomic E-state index is 12.5. The van der Waals surface area contributed by atoms with Crippen LogP contribution < -0.4 is 10.5 Å². The minimum atomic E-state index is -2.82. The third-order valence-corrected chi connectivity index (χ3v) is 4.40. The zero-order chi connectivity index (χ0) is 14.8. The fourth-order valence-corrected chi connectivity index (χ4v) is 3.07. The van der Waals surface area contributed by atoms with Gasteiger partial charge in [-0.25, -0.2) is 0 Å². The van der Waals surface area contributed by atoms with Crippen LogP contribution in [0.5, 0.6) is 5.75 Å². The molecular weight excluding hydrogens is 366 g/mol. The molecule has 0 spiro atoms. The highest BCUT2D eigenvalue weighted by Crippen LogP contribution is 2.34. The second kappa shape index (κ2) is 7.72. The van der Waals surface area contributed by atoms with Gasteiger partial charge in [0.15, 0.2) is 0 Å². The van der Waals surface area contributed by atoms with Crippen molar-refractivity contribution < 1.29 is 13.5 Å². The van der Waals surface area contributed by atoms with Crippen molar-refractivity contribution in [1.82, 2.24) is 4.90 Å². The van der Waals surface area contributed by atoms with Gasteiger partial charge in [0.2, 0.25) is 0 Å². The summed E-state index contributed by atoms with van der Waals surface area (Å²) in [5, 5.41) is 0. The summed E-state index contributed by atoms with van der Waals surface area (Å²) in [5.74, 6) is 0.226. The van der Waals surface area contributed by atoms with Crippen LogP contribution >= 0.6 is 28.3 Å². The highest BCUT2D eigenvalue weighted by atomic mass is 79.9. The topological polar surface area (TPSA) is 38.5 Å². The van der Waals surface area contributed by atoms with Crippen molar-refractivity contribution in [3.8, 4) is 5.75 Å². The van der Waals surface area contributed by atoms with Crippen LogP contribution in [0.3, 0.4) is 0 Å². The van der Waals surface area contributed by atoms with Crippen LogP contribution in [0.25, 0.3) is 0 Å². The number of rotatable bonds is 5. The number of nitrogens with two attached hydrogens (primary N) is 1. The summed E-state index contributed by atoms with van der Waals surface area (Å²) in [5.41, 5.74) is 6.67. The molecule has 0 aliphatic carbocycles. The summed E-state index contributed by atoms with van der Waals surface area (Å²) in [4.78, 5) is 2.23. The van der Waals surface area contributed by atoms with E-state index >= 15 is 0 Å². The minimum Gasteiger partial charge on any atom is -0.433 e. The van der Waals surface area contributed by atoms with Crippen LogP contribution in [0.4, 0.5) is 8.78 Å². The highest BCUT2D eigenvalue weighted by Gasteiger charge is 2.32. The molecule has 0 aromatic heterocycles. The lowest BCUT2D eigenvalue weighted by atomic mass is 9.90. The molecule has 1 aromatic carbocycles. The Hall–Kier alpha value is -0.430. The predicted molar refractivity (Wildman–Crippen MR) is 85.1 cm³/mol. The first kappa shape index (κ1) is 18.6. The van der Waals surface area contributed by atoms with Crippen molar-refractivity contribution >= 4 is 28.3 Å². The van der Waals surface area contributed by atoms with Gasteiger partial charge in [0.1, 0.15) is 5.75 Å². The van der Waals surface area contributed by atoms with E-state index in [2.05, 4.69) is 32.5 Å². The Bertz CT molecular complexity index is 478. The standard InChI is InChI=1S/C14H19BrF2N2O.ClH/c1-14(8-18)5-6-19(9-14)7-10-3-2-4-11(15)12(10)20-13(16)17;/h2-4,13H,5-9,18H2,1H3;1H. The molecule has 1 aliphatic rings. The number of benzene rings is 1. The van der Waals surface area contributed by atoms with Crippen LogP contribution in [0.1, 0.15) is 18.9 Å². The van der Waals surface area contributed by atoms with Gasteiger partial charge in [0.25, 0.3) is 0 Å². The zero-order valence-electron chi connectivity index (χ0n) is 11.8. The van der Waals surface area contributed by atoms with Gasteiger partial charge >= 0.3 is 6.61 Å². The third-order valence-electron chi connectivity index (χ3n) is 3.78. The van der Waals surface area contributed by atoms with E-state index < -0.39 is 6.61 Å². The Kier molecular flexibility index (Phi) is 6.84. The number of halogens is 4. The molecule has 1 aliphatic heterocycles. The van der Waals surface area contributed by atoms with E-state index in [0.29, 0.717) is 17.6 Å². The molecule has 0 saturated carbocycles. The fraction of sp³-hybridized carbons (Fsp3) is 0.571. The molecule has 3 nitrogen and oxygen atoms in total. The molecule has 120 valence electrons. The molecule has 1 saturated heterocycles. The lowest BCUT2D eigenvalue weighted by Gasteiger charge is -2.23. The summed E-state index contributed by atoms with van der Waals surface area (Å²) in [6, 6.07) is 5.35. The number of nitrogens with zero attached hydrogens (tertiary/aromatic N) is 1. The van der Waals surface area contributed by atoms with Gasteiger partial charge in [-0.15, -0.1) is 12.4 Å². The lowest BCUT2D eigenvalue weighted by molar-refractivity contribution is -0.0512. The van der Waals surface area contributed by atoms with Gasteiger partial charge in [-0.05, 0) is 46.9 Å². The first-order chi connectivity index (χ1) is 9.43. The van der Waals surface area contributed by atoms with Crippen LogP contribution in [0.15, 0.2) is 22.7 Å². The van der Waals surface area contributed by atoms with Crippen molar-refractivity contribution in [3.05, 3.63) is 28.2 Å². The molecule has 1 heterocycles. The number of likely N-dealkylation sites (tertiary alicyclic amines) is 1. The number of ether oxygens (including phenoxy) is 1. The number of para-hydroxylation sites is 1. The number of hydrogen-bond acceptors (Lipinski definition) is 3. The van der Waals surface area contributed by atoms with Crippen molar-refractivity contribution in [1.29, 1.82) is 0 Å². The summed E-state index contributed by atoms with van der Waals surface area (Å²) in [6.45, 7) is 2.38. The molecule has 0 bridgehead atoms. The van der Waals surface area contributed by atoms with Crippen molar-refractivity contribution in [2.45, 2.75) is 26.5 Å². The molecule has 1 fully saturated rings. The molecule has 2 rings (SSSR count). The van der Waals surface area contributed by atoms with Gasteiger partial charge in [-0.3, -0.25) is 4.90 Å². The maximum Gasteiger partial charge on any atom is 0.387 e. The Morgan fingerprint density at radius 1 is 1.48 bits per heavy atom. The Morgan fingerprint density at radius 2 is 2.19 bits per heavy atom. The zero-order valence-corrected chi connectivity index (χ0v) is 14.2. The Labute approximate surface area is 138 Å². The number of hydrogen-bond donors (Lipinski definition) is 1. The fourth-order valence-electron chi connectivity index (χ4n) is 2.57. The van der Waals surface area contributed by atoms with Gasteiger partial charge in [-0.1, -0.05) is 19.1 Å². The molecule has 0 amide bonds. The van der Waals surface area contributed by atoms with Gasteiger partial charge in [0.05, 0.1) is 4.47 Å². The molecule has 1 unspecified atom stereocenters. The van der Waals surface area contributed by atoms with Crippen molar-refractivity contribution in [2.75, 3.05) is 19.6 Å². The average molecular weight is 386 g/mol. The average Bonchev–Trinajstić information content (AvgIpc) is 2.76. The molecule has 2 N–H and O–H groups in total. The summed E-state index contributed by atoms with van der Waals surface area (Å²) in [7, 11) is 0. The minimum absolute atomic E-state index is 0. The summed E-state index contributed by atoms with van der Waals surface area (Å²) >= 11 is 3.26. The van der Waals surface area contributed by atoms with E-state index in [9.17, 15) is 8.78 Å². The van der Waals surface area contributed by atoms with Crippen molar-refractivity contribution in [2.24, 2.45) is 11.1 Å². The number of alkyl halides is 2. The lowest BCUT2D eigenvalue weighted by Crippen LogP contribution is -2.31. The van der Waals surface area contributed by atoms with Crippen LogP contribution in [0, 0.1) is 5.41 Å². The van der Waals surface area contributed by atoms with Crippen LogP contribution in [-0.4, -0.2) is 31.1 Å². The molecule has 21 heavy (non-hydrogen) atoms. The normalized spacial score (nSPS) is 22.4. The second-order valence-corrected chi connectivity index (χ2v) is 6.44. The van der Waals surface area contributed by atoms with E-state index in [1.165, 1.54) is 0 Å². The SMILES string of the molecule is CC1(CN)CCN(Cc2cccc(Br)c2OC(F)F)C1.Cl. The smallest absolute Gasteiger partial charge is 0.387 e. The highest BCUT2D eigenvalue weighted by molar-refractivity contribution is 9.10. The summed E-state index contributed by atoms with van der Waals surface area (Å²) in [6.07, 6.45) is 1.03. The van der Waals surface area contributed by atoms with E-state index in [0.717, 1.165) is 25.1 Å². The van der Waals surface area contributed by atoms with Gasteiger partial charge < -0.3 is 10.5 Å². The molecule has 0 radical (unpaired) electrons. The monoisotopic (exact) mass is 384 g/mol. The second-order valence-electron chi connectivity index (χ2n) is 5.58. The Balaban J connectivity index is 0.00000220. The molecular formula is C14H20BrClF2N2O. The molecule has 7 heteroatoms. The van der Waals surface area contributed by atoms with E-state index in [1.54, 1.807) is 6.07 Å². The maximum atomic E-state index is 12.5. The first-order valence-corrected chi connectivity index (χ1v) is 7.37. The van der Waals surface area contributed by atoms with E-state index in [4.69, 9.17) is 5.73 Å². The molecule has 1 aromatic rings. The van der Waals surface area contributed by atoms with Gasteiger partial charge in [0, 0.05) is 18.7 Å².